The standard InChI is InChI=1S/C24H27O3PS/c1-24(2,3)29(25)22-17-11-16-21(27-18-26-4)23(22)28(19-12-7-5-8-13-19)20-14-9-6-10-15-20/h5-17H,18H2,1-4H3/t29-/m0/s1. The maximum absolute atomic E-state index is 13.5. The van der Waals surface area contributed by atoms with E-state index in [9.17, 15) is 4.21 Å². The molecule has 1 atom stereocenters. The monoisotopic (exact) mass is 426 g/mol. The number of ether oxygens (including phenoxy) is 2. The van der Waals surface area contributed by atoms with Crippen LogP contribution in [0.4, 0.5) is 0 Å². The molecule has 3 aromatic carbocycles. The highest BCUT2D eigenvalue weighted by Gasteiger charge is 2.30. The van der Waals surface area contributed by atoms with Gasteiger partial charge in [-0.05, 0) is 51.4 Å². The number of hydrogen-bond donors (Lipinski definition) is 0. The zero-order valence-electron chi connectivity index (χ0n) is 17.3. The summed E-state index contributed by atoms with van der Waals surface area (Å²) in [5.74, 6) is 0.723. The molecular formula is C24H27O3PS. The number of rotatable bonds is 7. The highest BCUT2D eigenvalue weighted by molar-refractivity contribution is 7.88. The summed E-state index contributed by atoms with van der Waals surface area (Å²) in [6, 6.07) is 26.6. The van der Waals surface area contributed by atoms with Gasteiger partial charge in [0.05, 0.1) is 15.7 Å². The van der Waals surface area contributed by atoms with E-state index in [-0.39, 0.29) is 11.5 Å². The largest absolute Gasteiger partial charge is 0.467 e. The van der Waals surface area contributed by atoms with Gasteiger partial charge in [-0.2, -0.15) is 0 Å². The Kier molecular flexibility index (Phi) is 7.23. The lowest BCUT2D eigenvalue weighted by Gasteiger charge is -2.27. The van der Waals surface area contributed by atoms with Crippen molar-refractivity contribution in [3.05, 3.63) is 78.9 Å². The van der Waals surface area contributed by atoms with Crippen molar-refractivity contribution in [2.24, 2.45) is 0 Å². The lowest BCUT2D eigenvalue weighted by molar-refractivity contribution is 0.0518. The van der Waals surface area contributed by atoms with Crippen molar-refractivity contribution < 1.29 is 13.7 Å². The third-order valence-corrected chi connectivity index (χ3v) is 8.84. The lowest BCUT2D eigenvalue weighted by atomic mass is 10.3. The molecule has 0 bridgehead atoms. The summed E-state index contributed by atoms with van der Waals surface area (Å²) in [4.78, 5) is 0.824. The second kappa shape index (κ2) is 9.67. The van der Waals surface area contributed by atoms with Crippen molar-refractivity contribution >= 4 is 34.6 Å². The van der Waals surface area contributed by atoms with Crippen LogP contribution in [0.1, 0.15) is 20.8 Å². The van der Waals surface area contributed by atoms with E-state index in [1.54, 1.807) is 7.11 Å². The molecule has 0 saturated heterocycles. The summed E-state index contributed by atoms with van der Waals surface area (Å²) in [7, 11) is -0.553. The van der Waals surface area contributed by atoms with E-state index >= 15 is 0 Å². The molecule has 0 amide bonds. The van der Waals surface area contributed by atoms with E-state index in [2.05, 4.69) is 24.3 Å². The van der Waals surface area contributed by atoms with Gasteiger partial charge in [-0.15, -0.1) is 0 Å². The van der Waals surface area contributed by atoms with Gasteiger partial charge in [0.1, 0.15) is 5.75 Å². The molecule has 5 heteroatoms. The summed E-state index contributed by atoms with van der Waals surface area (Å²) in [6.07, 6.45) is 0. The Morgan fingerprint density at radius 3 is 1.86 bits per heavy atom. The second-order valence-corrected chi connectivity index (χ2v) is 11.9. The van der Waals surface area contributed by atoms with Crippen molar-refractivity contribution in [1.29, 1.82) is 0 Å². The van der Waals surface area contributed by atoms with Gasteiger partial charge >= 0.3 is 0 Å². The molecular weight excluding hydrogens is 399 g/mol. The van der Waals surface area contributed by atoms with Gasteiger partial charge in [0.15, 0.2) is 6.79 Å². The van der Waals surface area contributed by atoms with Crippen molar-refractivity contribution in [3.8, 4) is 5.75 Å². The quantitative estimate of drug-likeness (QED) is 0.417. The molecule has 0 unspecified atom stereocenters. The molecule has 0 aliphatic carbocycles. The normalized spacial score (nSPS) is 12.7. The first-order chi connectivity index (χ1) is 13.9. The fraction of sp³-hybridized carbons (Fsp3) is 0.250. The zero-order chi connectivity index (χ0) is 20.9. The van der Waals surface area contributed by atoms with Crippen LogP contribution in [0.2, 0.25) is 0 Å². The van der Waals surface area contributed by atoms with Gasteiger partial charge in [-0.25, -0.2) is 0 Å². The third kappa shape index (κ3) is 5.14. The molecule has 0 aliphatic heterocycles. The maximum atomic E-state index is 13.5. The molecule has 0 fully saturated rings. The van der Waals surface area contributed by atoms with Gasteiger partial charge in [0.2, 0.25) is 0 Å². The van der Waals surface area contributed by atoms with Crippen molar-refractivity contribution in [1.82, 2.24) is 0 Å². The Morgan fingerprint density at radius 1 is 0.828 bits per heavy atom. The molecule has 29 heavy (non-hydrogen) atoms. The van der Waals surface area contributed by atoms with Crippen LogP contribution in [-0.4, -0.2) is 22.9 Å². The van der Waals surface area contributed by atoms with E-state index in [4.69, 9.17) is 9.47 Å². The highest BCUT2D eigenvalue weighted by Crippen LogP contribution is 2.40. The zero-order valence-corrected chi connectivity index (χ0v) is 19.0. The van der Waals surface area contributed by atoms with Crippen LogP contribution >= 0.6 is 7.92 Å². The topological polar surface area (TPSA) is 35.5 Å². The average molecular weight is 427 g/mol. The Hall–Kier alpha value is -2.00. The van der Waals surface area contributed by atoms with Crippen molar-refractivity contribution in [2.45, 2.75) is 30.4 Å². The second-order valence-electron chi connectivity index (χ2n) is 7.54. The van der Waals surface area contributed by atoms with Crippen LogP contribution in [0.25, 0.3) is 0 Å². The highest BCUT2D eigenvalue weighted by atomic mass is 32.2. The molecule has 0 aliphatic rings. The predicted molar refractivity (Wildman–Crippen MR) is 124 cm³/mol. The van der Waals surface area contributed by atoms with Crippen LogP contribution in [0.15, 0.2) is 83.8 Å². The van der Waals surface area contributed by atoms with Crippen LogP contribution in [0.3, 0.4) is 0 Å². The molecule has 0 heterocycles. The summed E-state index contributed by atoms with van der Waals surface area (Å²) < 4.78 is 24.3. The SMILES string of the molecule is COCOc1cccc([S@](=O)C(C)(C)C)c1P(c1ccccc1)c1ccccc1. The maximum Gasteiger partial charge on any atom is 0.188 e. The summed E-state index contributed by atoms with van der Waals surface area (Å²) >= 11 is 0. The molecule has 3 aromatic rings. The summed E-state index contributed by atoms with van der Waals surface area (Å²) in [5.41, 5.74) is 0. The van der Waals surface area contributed by atoms with Crippen molar-refractivity contribution in [2.75, 3.05) is 13.9 Å². The lowest BCUT2D eigenvalue weighted by Crippen LogP contribution is -2.30. The first-order valence-corrected chi connectivity index (χ1v) is 12.0. The van der Waals surface area contributed by atoms with Gasteiger partial charge in [-0.3, -0.25) is 4.21 Å². The minimum atomic E-state index is -1.20. The van der Waals surface area contributed by atoms with Crippen LogP contribution in [0.5, 0.6) is 5.75 Å². The molecule has 3 nitrogen and oxygen atoms in total. The minimum absolute atomic E-state index is 0.144. The fourth-order valence-corrected chi connectivity index (χ4v) is 7.07. The van der Waals surface area contributed by atoms with Crippen LogP contribution in [0, 0.1) is 0 Å². The van der Waals surface area contributed by atoms with Gasteiger partial charge < -0.3 is 9.47 Å². The van der Waals surface area contributed by atoms with Gasteiger partial charge in [-0.1, -0.05) is 66.7 Å². The van der Waals surface area contributed by atoms with E-state index in [0.29, 0.717) is 0 Å². The van der Waals surface area contributed by atoms with E-state index < -0.39 is 18.7 Å². The molecule has 152 valence electrons. The number of methoxy groups -OCH3 is 1. The molecule has 0 radical (unpaired) electrons. The Labute approximate surface area is 177 Å². The molecule has 0 spiro atoms. The van der Waals surface area contributed by atoms with E-state index in [1.165, 1.54) is 10.6 Å². The Balaban J connectivity index is 2.29. The molecule has 0 aromatic heterocycles. The molecule has 3 rings (SSSR count). The summed E-state index contributed by atoms with van der Waals surface area (Å²) in [6.45, 7) is 6.15. The number of benzene rings is 3. The smallest absolute Gasteiger partial charge is 0.188 e. The average Bonchev–Trinajstić information content (AvgIpc) is 2.73. The number of hydrogen-bond acceptors (Lipinski definition) is 3. The van der Waals surface area contributed by atoms with Crippen LogP contribution in [-0.2, 0) is 15.5 Å². The first-order valence-electron chi connectivity index (χ1n) is 9.50. The van der Waals surface area contributed by atoms with Gasteiger partial charge in [0, 0.05) is 17.2 Å². The predicted octanol–water partition coefficient (Wildman–Crippen LogP) is 4.33. The fourth-order valence-electron chi connectivity index (χ4n) is 3.00. The van der Waals surface area contributed by atoms with Crippen LogP contribution < -0.4 is 20.7 Å². The van der Waals surface area contributed by atoms with E-state index in [0.717, 1.165) is 15.9 Å². The first kappa shape index (κ1) is 21.7. The molecule has 0 saturated carbocycles. The van der Waals surface area contributed by atoms with Crippen molar-refractivity contribution in [3.63, 3.8) is 0 Å². The Morgan fingerprint density at radius 2 is 1.38 bits per heavy atom. The molecule has 0 N–H and O–H groups in total. The minimum Gasteiger partial charge on any atom is -0.467 e. The van der Waals surface area contributed by atoms with Gasteiger partial charge in [0.25, 0.3) is 0 Å². The Bertz CT molecular complexity index is 913. The van der Waals surface area contributed by atoms with E-state index in [1.807, 2.05) is 75.4 Å². The third-order valence-electron chi connectivity index (χ3n) is 4.30. The summed E-state index contributed by atoms with van der Waals surface area (Å²) in [5, 5.41) is 3.37.